The number of carbonyl (C=O) groups excluding carboxylic acids is 2. The maximum absolute atomic E-state index is 12.7. The van der Waals surface area contributed by atoms with Crippen LogP contribution in [0.4, 0.5) is 13.2 Å². The number of nitrogens with one attached hydrogen (secondary N) is 2. The van der Waals surface area contributed by atoms with E-state index in [0.29, 0.717) is 11.4 Å². The van der Waals surface area contributed by atoms with Crippen LogP contribution < -0.4 is 15.0 Å². The number of nitrogens with zero attached hydrogens (tertiary/aromatic N) is 1. The largest absolute Gasteiger partial charge is 0.542 e. The average molecular weight is 433 g/mol. The minimum absolute atomic E-state index is 0.0797. The van der Waals surface area contributed by atoms with Crippen LogP contribution in [0.1, 0.15) is 27.8 Å². The Morgan fingerprint density at radius 3 is 2.52 bits per heavy atom. The lowest BCUT2D eigenvalue weighted by atomic mass is 10.0. The Bertz CT molecular complexity index is 1150. The van der Waals surface area contributed by atoms with Crippen molar-refractivity contribution < 1.29 is 37.5 Å². The van der Waals surface area contributed by atoms with Gasteiger partial charge >= 0.3 is 6.18 Å². The van der Waals surface area contributed by atoms with E-state index in [1.54, 1.807) is 0 Å². The van der Waals surface area contributed by atoms with E-state index in [-0.39, 0.29) is 12.3 Å². The Balaban J connectivity index is 0.000000339. The van der Waals surface area contributed by atoms with Crippen LogP contribution in [0, 0.1) is 0 Å². The highest BCUT2D eigenvalue weighted by atomic mass is 19.4. The predicted octanol–water partition coefficient (Wildman–Crippen LogP) is 1.15. The Hall–Kier alpha value is -3.66. The molecule has 3 aromatic rings. The summed E-state index contributed by atoms with van der Waals surface area (Å²) in [6.45, 7) is 0.275. The van der Waals surface area contributed by atoms with E-state index >= 15 is 0 Å². The molecule has 0 amide bonds. The standard InChI is InChI=1S/C19H17N3O2.C2HF3O2/c1-22-8-7-13-10-21-18-17(13)15(22)9-14(19(18)24)20-11-16(23)12-5-3-2-4-6-12;3-2(4,5)1(6)7/h2-10,16,23H,11H2,1H3,(H,20,21,24);(H,6,7). The molecule has 4 rings (SSSR count). The molecule has 31 heavy (non-hydrogen) atoms. The van der Waals surface area contributed by atoms with Crippen LogP contribution in [0.25, 0.3) is 16.8 Å². The molecule has 0 saturated heterocycles. The number of aromatic nitrogens is 2. The lowest BCUT2D eigenvalue weighted by Crippen LogP contribution is -2.37. The van der Waals surface area contributed by atoms with Crippen LogP contribution in [0.2, 0.25) is 0 Å². The van der Waals surface area contributed by atoms with Crippen LogP contribution in [0.5, 0.6) is 0 Å². The summed E-state index contributed by atoms with van der Waals surface area (Å²) in [7, 11) is 1.95. The molecule has 3 N–H and O–H groups in total. The first-order valence-corrected chi connectivity index (χ1v) is 9.10. The summed E-state index contributed by atoms with van der Waals surface area (Å²) >= 11 is 0. The van der Waals surface area contributed by atoms with Crippen molar-refractivity contribution in [3.63, 3.8) is 0 Å². The second-order valence-electron chi connectivity index (χ2n) is 6.79. The number of hydrogen-bond acceptors (Lipinski definition) is 5. The van der Waals surface area contributed by atoms with E-state index in [1.807, 2.05) is 66.5 Å². The summed E-state index contributed by atoms with van der Waals surface area (Å²) in [6, 6.07) is 11.4. The molecule has 1 aromatic carbocycles. The number of benzene rings is 1. The number of H-pyrrole nitrogens is 1. The van der Waals surface area contributed by atoms with Gasteiger partial charge in [-0.15, -0.1) is 0 Å². The van der Waals surface area contributed by atoms with E-state index in [9.17, 15) is 23.1 Å². The van der Waals surface area contributed by atoms with E-state index < -0.39 is 18.2 Å². The summed E-state index contributed by atoms with van der Waals surface area (Å²) in [5.41, 5.74) is 2.88. The first-order chi connectivity index (χ1) is 14.6. The number of allylic oxidation sites excluding steroid dienone is 1. The quantitative estimate of drug-likeness (QED) is 0.535. The van der Waals surface area contributed by atoms with Crippen LogP contribution in [-0.4, -0.2) is 34.6 Å². The van der Waals surface area contributed by atoms with Crippen LogP contribution >= 0.6 is 0 Å². The zero-order valence-corrected chi connectivity index (χ0v) is 16.2. The van der Waals surface area contributed by atoms with Crippen LogP contribution in [0.3, 0.4) is 0 Å². The molecule has 162 valence electrons. The number of pyridine rings is 1. The molecule has 1 unspecified atom stereocenters. The molecular formula is C21H18F3N3O4. The molecule has 10 heteroatoms. The molecule has 0 radical (unpaired) electrons. The van der Waals surface area contributed by atoms with E-state index in [0.717, 1.165) is 22.0 Å². The number of ketones is 1. The Labute approximate surface area is 174 Å². The van der Waals surface area contributed by atoms with Crippen molar-refractivity contribution in [1.29, 1.82) is 0 Å². The fourth-order valence-electron chi connectivity index (χ4n) is 3.12. The highest BCUT2D eigenvalue weighted by Crippen LogP contribution is 2.28. The molecule has 0 bridgehead atoms. The van der Waals surface area contributed by atoms with Crippen molar-refractivity contribution in [1.82, 2.24) is 10.3 Å². The maximum Gasteiger partial charge on any atom is 0.430 e. The number of aliphatic hydroxyl groups is 1. The van der Waals surface area contributed by atoms with Crippen LogP contribution in [-0.2, 0) is 11.8 Å². The average Bonchev–Trinajstić information content (AvgIpc) is 3.17. The number of carboxylic acids is 1. The van der Waals surface area contributed by atoms with Gasteiger partial charge in [0.15, 0.2) is 6.20 Å². The number of Topliss-reactive ketones (excluding diaryl/α,β-unsaturated/α-hetero) is 1. The topological polar surface area (TPSA) is 109 Å². The Morgan fingerprint density at radius 1 is 1.26 bits per heavy atom. The summed E-state index contributed by atoms with van der Waals surface area (Å²) in [5, 5.41) is 24.1. The van der Waals surface area contributed by atoms with Gasteiger partial charge < -0.3 is 25.3 Å². The summed E-state index contributed by atoms with van der Waals surface area (Å²) in [5.74, 6) is -3.09. The number of halogens is 3. The van der Waals surface area contributed by atoms with Gasteiger partial charge in [-0.25, -0.2) is 4.57 Å². The van der Waals surface area contributed by atoms with Gasteiger partial charge in [-0.1, -0.05) is 30.3 Å². The molecular weight excluding hydrogens is 415 g/mol. The number of carbonyl (C=O) groups is 2. The van der Waals surface area contributed by atoms with Crippen molar-refractivity contribution in [2.24, 2.45) is 7.05 Å². The number of aryl methyl sites for hydroxylation is 1. The molecule has 0 spiro atoms. The monoisotopic (exact) mass is 433 g/mol. The van der Waals surface area contributed by atoms with Crippen molar-refractivity contribution in [3.05, 3.63) is 71.4 Å². The van der Waals surface area contributed by atoms with Gasteiger partial charge in [0.05, 0.1) is 17.2 Å². The van der Waals surface area contributed by atoms with E-state index in [2.05, 4.69) is 10.3 Å². The van der Waals surface area contributed by atoms with Gasteiger partial charge in [-0.2, -0.15) is 13.2 Å². The zero-order chi connectivity index (χ0) is 22.8. The first-order valence-electron chi connectivity index (χ1n) is 9.10. The van der Waals surface area contributed by atoms with Crippen molar-refractivity contribution in [3.8, 4) is 0 Å². The summed E-state index contributed by atoms with van der Waals surface area (Å²) < 4.78 is 33.5. The molecule has 0 fully saturated rings. The molecule has 2 aromatic heterocycles. The van der Waals surface area contributed by atoms with E-state index in [4.69, 9.17) is 9.90 Å². The van der Waals surface area contributed by atoms with Crippen molar-refractivity contribution in [2.45, 2.75) is 12.3 Å². The number of aliphatic hydroxyl groups excluding tert-OH is 1. The highest BCUT2D eigenvalue weighted by Gasteiger charge is 2.29. The second kappa shape index (κ2) is 8.60. The maximum atomic E-state index is 12.7. The third-order valence-electron chi connectivity index (χ3n) is 4.68. The lowest BCUT2D eigenvalue weighted by Gasteiger charge is -2.16. The molecule has 2 heterocycles. The Kier molecular flexibility index (Phi) is 6.11. The summed E-state index contributed by atoms with van der Waals surface area (Å²) in [6.07, 6.45) is -0.197. The number of aliphatic carboxylic acids is 1. The van der Waals surface area contributed by atoms with E-state index in [1.165, 1.54) is 0 Å². The molecule has 0 saturated carbocycles. The predicted molar refractivity (Wildman–Crippen MR) is 102 cm³/mol. The number of hydrogen-bond donors (Lipinski definition) is 3. The first kappa shape index (κ1) is 22.0. The van der Waals surface area contributed by atoms with Crippen molar-refractivity contribution >= 4 is 28.6 Å². The fraction of sp³-hybridized carbons (Fsp3) is 0.190. The van der Waals surface area contributed by atoms with Gasteiger partial charge in [-0.05, 0) is 5.56 Å². The van der Waals surface area contributed by atoms with Gasteiger partial charge in [0.1, 0.15) is 18.7 Å². The van der Waals surface area contributed by atoms with Crippen molar-refractivity contribution in [2.75, 3.05) is 6.54 Å². The van der Waals surface area contributed by atoms with Gasteiger partial charge in [0.2, 0.25) is 11.5 Å². The number of aromatic amines is 1. The van der Waals surface area contributed by atoms with Gasteiger partial charge in [-0.3, -0.25) is 4.79 Å². The minimum atomic E-state index is -5.19. The minimum Gasteiger partial charge on any atom is -0.542 e. The molecule has 1 aliphatic carbocycles. The molecule has 7 nitrogen and oxygen atoms in total. The number of carboxylic acid groups (broad SMARTS) is 1. The SMILES string of the molecule is C[n+]1ccc2c[nH]c3c2c1C=C(NCC(O)c1ccccc1)C3=O.O=C([O-])C(F)(F)F. The van der Waals surface area contributed by atoms with Gasteiger partial charge in [0.25, 0.3) is 0 Å². The molecule has 0 aliphatic heterocycles. The third-order valence-corrected chi connectivity index (χ3v) is 4.68. The Morgan fingerprint density at radius 2 is 1.90 bits per heavy atom. The normalized spacial score (nSPS) is 13.8. The van der Waals surface area contributed by atoms with Gasteiger partial charge in [0, 0.05) is 30.3 Å². The third kappa shape index (κ3) is 4.75. The second-order valence-corrected chi connectivity index (χ2v) is 6.79. The number of rotatable bonds is 4. The van der Waals surface area contributed by atoms with Crippen LogP contribution in [0.15, 0.2) is 54.5 Å². The zero-order valence-electron chi connectivity index (χ0n) is 16.2. The fourth-order valence-corrected chi connectivity index (χ4v) is 3.12. The highest BCUT2D eigenvalue weighted by molar-refractivity contribution is 6.20. The summed E-state index contributed by atoms with van der Waals surface area (Å²) in [4.78, 5) is 24.5. The lowest BCUT2D eigenvalue weighted by molar-refractivity contribution is -0.671. The smallest absolute Gasteiger partial charge is 0.430 e. The number of alkyl halides is 3. The molecule has 1 aliphatic rings. The molecule has 1 atom stereocenters.